The molecule has 0 aliphatic rings. The standard InChI is InChI=1S/C22H22F3N3O3S/c1-14-13-32-21(27-14)28-20(29)16-8-7-15(11-19(16)31-10-9-30-2)12-26-18-6-4-3-5-17(18)22(23,24)25/h3-8,11,13,26H,9-10,12H2,1-2H3,(H,27,28,29). The number of nitrogens with zero attached hydrogens (tertiary/aromatic N) is 1. The number of para-hydroxylation sites is 1. The quantitative estimate of drug-likeness (QED) is 0.416. The summed E-state index contributed by atoms with van der Waals surface area (Å²) >= 11 is 1.31. The van der Waals surface area contributed by atoms with Crippen molar-refractivity contribution >= 4 is 28.1 Å². The van der Waals surface area contributed by atoms with Crippen LogP contribution in [-0.4, -0.2) is 31.2 Å². The molecule has 0 aliphatic carbocycles. The molecular formula is C22H22F3N3O3S. The minimum atomic E-state index is -4.46. The highest BCUT2D eigenvalue weighted by Crippen LogP contribution is 2.35. The Kier molecular flexibility index (Phi) is 7.70. The molecule has 170 valence electrons. The number of rotatable bonds is 9. The molecule has 3 aromatic rings. The maximum atomic E-state index is 13.2. The van der Waals surface area contributed by atoms with E-state index in [1.807, 2.05) is 12.3 Å². The average molecular weight is 465 g/mol. The maximum absolute atomic E-state index is 13.2. The van der Waals surface area contributed by atoms with Crippen LogP contribution < -0.4 is 15.4 Å². The first kappa shape index (κ1) is 23.6. The van der Waals surface area contributed by atoms with Gasteiger partial charge >= 0.3 is 6.18 Å². The lowest BCUT2D eigenvalue weighted by atomic mass is 10.1. The summed E-state index contributed by atoms with van der Waals surface area (Å²) in [6.45, 7) is 2.46. The highest BCUT2D eigenvalue weighted by atomic mass is 32.1. The minimum absolute atomic E-state index is 0.0252. The van der Waals surface area contributed by atoms with E-state index in [2.05, 4.69) is 15.6 Å². The molecule has 10 heteroatoms. The molecule has 0 saturated heterocycles. The number of anilines is 2. The van der Waals surface area contributed by atoms with Gasteiger partial charge in [0.2, 0.25) is 0 Å². The third-order valence-corrected chi connectivity index (χ3v) is 5.27. The van der Waals surface area contributed by atoms with E-state index in [0.29, 0.717) is 23.1 Å². The Balaban J connectivity index is 1.79. The number of benzene rings is 2. The molecule has 0 atom stereocenters. The monoisotopic (exact) mass is 465 g/mol. The lowest BCUT2D eigenvalue weighted by Gasteiger charge is -2.16. The molecule has 2 aromatic carbocycles. The average Bonchev–Trinajstić information content (AvgIpc) is 3.16. The van der Waals surface area contributed by atoms with E-state index in [1.54, 1.807) is 18.2 Å². The number of aromatic nitrogens is 1. The molecule has 1 heterocycles. The van der Waals surface area contributed by atoms with Crippen molar-refractivity contribution in [3.63, 3.8) is 0 Å². The van der Waals surface area contributed by atoms with Crippen molar-refractivity contribution in [1.29, 1.82) is 0 Å². The minimum Gasteiger partial charge on any atom is -0.490 e. The van der Waals surface area contributed by atoms with Gasteiger partial charge in [-0.15, -0.1) is 11.3 Å². The first-order valence-corrected chi connectivity index (χ1v) is 10.5. The number of methoxy groups -OCH3 is 1. The molecule has 32 heavy (non-hydrogen) atoms. The lowest BCUT2D eigenvalue weighted by Crippen LogP contribution is -2.15. The summed E-state index contributed by atoms with van der Waals surface area (Å²) in [6, 6.07) is 10.1. The Hall–Kier alpha value is -3.11. The van der Waals surface area contributed by atoms with Crippen molar-refractivity contribution in [3.8, 4) is 5.75 Å². The smallest absolute Gasteiger partial charge is 0.418 e. The third kappa shape index (κ3) is 6.21. The number of hydrogen-bond donors (Lipinski definition) is 2. The summed E-state index contributed by atoms with van der Waals surface area (Å²) in [6.07, 6.45) is -4.46. The zero-order chi connectivity index (χ0) is 23.1. The Bertz CT molecular complexity index is 1070. The molecule has 0 saturated carbocycles. The molecule has 2 N–H and O–H groups in total. The maximum Gasteiger partial charge on any atom is 0.418 e. The first-order chi connectivity index (χ1) is 15.3. The van der Waals surface area contributed by atoms with Gasteiger partial charge in [0.05, 0.1) is 23.4 Å². The predicted molar refractivity (Wildman–Crippen MR) is 117 cm³/mol. The van der Waals surface area contributed by atoms with Crippen LogP contribution in [-0.2, 0) is 17.5 Å². The molecular weight excluding hydrogens is 443 g/mol. The summed E-state index contributed by atoms with van der Waals surface area (Å²) < 4.78 is 50.3. The zero-order valence-corrected chi connectivity index (χ0v) is 18.3. The van der Waals surface area contributed by atoms with Gasteiger partial charge in [-0.25, -0.2) is 4.98 Å². The summed E-state index contributed by atoms with van der Waals surface area (Å²) in [5.41, 5.74) is 0.959. The molecule has 0 aliphatic heterocycles. The third-order valence-electron chi connectivity index (χ3n) is 4.39. The predicted octanol–water partition coefficient (Wildman–Crippen LogP) is 5.36. The fourth-order valence-corrected chi connectivity index (χ4v) is 3.56. The normalized spacial score (nSPS) is 11.3. The van der Waals surface area contributed by atoms with Crippen LogP contribution in [0.1, 0.15) is 27.2 Å². The number of hydrogen-bond acceptors (Lipinski definition) is 6. The number of carbonyl (C=O) groups excluding carboxylic acids is 1. The van der Waals surface area contributed by atoms with Crippen molar-refractivity contribution in [1.82, 2.24) is 4.98 Å². The van der Waals surface area contributed by atoms with Gasteiger partial charge in [-0.1, -0.05) is 18.2 Å². The van der Waals surface area contributed by atoms with Gasteiger partial charge in [-0.2, -0.15) is 13.2 Å². The fraction of sp³-hybridized carbons (Fsp3) is 0.273. The number of amides is 1. The molecule has 1 aromatic heterocycles. The van der Waals surface area contributed by atoms with Crippen LogP contribution in [0.15, 0.2) is 47.8 Å². The van der Waals surface area contributed by atoms with Crippen LogP contribution in [0.5, 0.6) is 5.75 Å². The van der Waals surface area contributed by atoms with Crippen molar-refractivity contribution in [2.24, 2.45) is 0 Å². The van der Waals surface area contributed by atoms with Crippen molar-refractivity contribution in [2.45, 2.75) is 19.6 Å². The Labute approximate surface area is 187 Å². The summed E-state index contributed by atoms with van der Waals surface area (Å²) in [5.74, 6) is -0.0927. The van der Waals surface area contributed by atoms with E-state index in [9.17, 15) is 18.0 Å². The Morgan fingerprint density at radius 2 is 1.94 bits per heavy atom. The number of nitrogens with one attached hydrogen (secondary N) is 2. The largest absolute Gasteiger partial charge is 0.490 e. The molecule has 0 radical (unpaired) electrons. The second kappa shape index (κ2) is 10.5. The second-order valence-corrected chi connectivity index (χ2v) is 7.67. The molecule has 1 amide bonds. The van der Waals surface area contributed by atoms with Crippen LogP contribution in [0.4, 0.5) is 24.0 Å². The first-order valence-electron chi connectivity index (χ1n) is 9.66. The van der Waals surface area contributed by atoms with Crippen LogP contribution >= 0.6 is 11.3 Å². The van der Waals surface area contributed by atoms with Gasteiger partial charge in [0.15, 0.2) is 5.13 Å². The van der Waals surface area contributed by atoms with Crippen LogP contribution in [0, 0.1) is 6.92 Å². The van der Waals surface area contributed by atoms with Crippen molar-refractivity contribution < 1.29 is 27.4 Å². The molecule has 0 unspecified atom stereocenters. The number of halogens is 3. The Morgan fingerprint density at radius 1 is 1.16 bits per heavy atom. The zero-order valence-electron chi connectivity index (χ0n) is 17.5. The SMILES string of the molecule is COCCOc1cc(CNc2ccccc2C(F)(F)F)ccc1C(=O)Nc1nc(C)cs1. The van der Waals surface area contributed by atoms with Crippen molar-refractivity contribution in [3.05, 3.63) is 70.2 Å². The molecule has 6 nitrogen and oxygen atoms in total. The van der Waals surface area contributed by atoms with Crippen LogP contribution in [0.25, 0.3) is 0 Å². The second-order valence-electron chi connectivity index (χ2n) is 6.82. The number of aryl methyl sites for hydroxylation is 1. The fourth-order valence-electron chi connectivity index (χ4n) is 2.88. The van der Waals surface area contributed by atoms with Gasteiger partial charge < -0.3 is 14.8 Å². The van der Waals surface area contributed by atoms with E-state index in [0.717, 1.165) is 11.8 Å². The van der Waals surface area contributed by atoms with E-state index in [4.69, 9.17) is 9.47 Å². The van der Waals surface area contributed by atoms with E-state index >= 15 is 0 Å². The number of ether oxygens (including phenoxy) is 2. The van der Waals surface area contributed by atoms with Crippen molar-refractivity contribution in [2.75, 3.05) is 31.0 Å². The Morgan fingerprint density at radius 3 is 2.62 bits per heavy atom. The van der Waals surface area contributed by atoms with Gasteiger partial charge in [-0.05, 0) is 36.8 Å². The highest BCUT2D eigenvalue weighted by Gasteiger charge is 2.33. The summed E-state index contributed by atoms with van der Waals surface area (Å²) in [5, 5.41) is 7.82. The number of carbonyl (C=O) groups is 1. The lowest BCUT2D eigenvalue weighted by molar-refractivity contribution is -0.137. The van der Waals surface area contributed by atoms with E-state index in [1.165, 1.54) is 36.6 Å². The topological polar surface area (TPSA) is 72.5 Å². The molecule has 0 spiro atoms. The van der Waals surface area contributed by atoms with Gasteiger partial charge in [-0.3, -0.25) is 10.1 Å². The van der Waals surface area contributed by atoms with Gasteiger partial charge in [0.1, 0.15) is 12.4 Å². The van der Waals surface area contributed by atoms with Crippen LogP contribution in [0.2, 0.25) is 0 Å². The number of alkyl halides is 3. The van der Waals surface area contributed by atoms with Crippen LogP contribution in [0.3, 0.4) is 0 Å². The molecule has 0 fully saturated rings. The van der Waals surface area contributed by atoms with Gasteiger partial charge in [0, 0.05) is 24.7 Å². The molecule has 3 rings (SSSR count). The summed E-state index contributed by atoms with van der Waals surface area (Å²) in [4.78, 5) is 16.9. The van der Waals surface area contributed by atoms with E-state index in [-0.39, 0.29) is 24.4 Å². The summed E-state index contributed by atoms with van der Waals surface area (Å²) in [7, 11) is 1.53. The van der Waals surface area contributed by atoms with E-state index < -0.39 is 17.6 Å². The van der Waals surface area contributed by atoms with Gasteiger partial charge in [0.25, 0.3) is 5.91 Å². The highest BCUT2D eigenvalue weighted by molar-refractivity contribution is 7.13. The molecule has 0 bridgehead atoms. The number of thiazole rings is 1.